The lowest BCUT2D eigenvalue weighted by molar-refractivity contribution is 0.104. The number of rotatable bonds is 10. The minimum absolute atomic E-state index is 0.0279. The summed E-state index contributed by atoms with van der Waals surface area (Å²) in [6.45, 7) is 36.3. The van der Waals surface area contributed by atoms with E-state index in [0.29, 0.717) is 6.54 Å². The lowest BCUT2D eigenvalue weighted by Gasteiger charge is -2.22. The van der Waals surface area contributed by atoms with E-state index in [4.69, 9.17) is 0 Å². The Morgan fingerprint density at radius 1 is 0.574 bits per heavy atom. The first-order valence-electron chi connectivity index (χ1n) is 19.4. The molecular weight excluding hydrogens is 657 g/mol. The van der Waals surface area contributed by atoms with E-state index in [1.165, 1.54) is 44.3 Å². The molecule has 0 spiro atoms. The highest BCUT2D eigenvalue weighted by molar-refractivity contribution is 6.16. The number of aryl methyl sites for hydroxylation is 4. The number of nitrogens with zero attached hydrogens (tertiary/aromatic N) is 2. The van der Waals surface area contributed by atoms with Crippen LogP contribution in [0.25, 0.3) is 27.4 Å². The van der Waals surface area contributed by atoms with Crippen molar-refractivity contribution in [1.82, 2.24) is 9.13 Å². The molecule has 4 aromatic carbocycles. The normalized spacial score (nSPS) is 11.7. The van der Waals surface area contributed by atoms with Gasteiger partial charge >= 0.3 is 0 Å². The number of ketones is 1. The fraction of sp³-hybridized carbons (Fsp3) is 0.314. The van der Waals surface area contributed by atoms with E-state index in [1.807, 2.05) is 37.4 Å². The van der Waals surface area contributed by atoms with Crippen molar-refractivity contribution in [2.45, 2.75) is 95.2 Å². The summed E-state index contributed by atoms with van der Waals surface area (Å²) in [5.41, 5.74) is 14.9. The molecule has 0 aliphatic rings. The Balaban J connectivity index is 0.000000208. The van der Waals surface area contributed by atoms with Crippen molar-refractivity contribution < 1.29 is 4.79 Å². The van der Waals surface area contributed by atoms with Crippen LogP contribution in [0.4, 0.5) is 0 Å². The first-order chi connectivity index (χ1) is 25.4. The largest absolute Gasteiger partial charge is 0.343 e. The third-order valence-corrected chi connectivity index (χ3v) is 10.8. The lowest BCUT2D eigenvalue weighted by atomic mass is 9.87. The second-order valence-electron chi connectivity index (χ2n) is 17.0. The Bertz CT molecular complexity index is 2340. The summed E-state index contributed by atoms with van der Waals surface area (Å²) in [6, 6.07) is 29.6. The Morgan fingerprint density at radius 3 is 1.52 bits per heavy atom. The zero-order chi connectivity index (χ0) is 39.5. The molecule has 0 saturated carbocycles. The molecule has 54 heavy (non-hydrogen) atoms. The molecule has 0 atom stereocenters. The minimum atomic E-state index is 0.0279. The van der Waals surface area contributed by atoms with Crippen molar-refractivity contribution in [3.8, 4) is 0 Å². The van der Waals surface area contributed by atoms with Crippen LogP contribution >= 0.6 is 0 Å². The molecule has 2 heterocycles. The van der Waals surface area contributed by atoms with Gasteiger partial charge in [-0.2, -0.15) is 0 Å². The third-order valence-electron chi connectivity index (χ3n) is 10.8. The lowest BCUT2D eigenvalue weighted by Crippen LogP contribution is -2.13. The molecule has 3 nitrogen and oxygen atoms in total. The summed E-state index contributed by atoms with van der Waals surface area (Å²) < 4.78 is 4.53. The Kier molecular flexibility index (Phi) is 11.9. The van der Waals surface area contributed by atoms with Crippen LogP contribution in [0.2, 0.25) is 0 Å². The Morgan fingerprint density at radius 2 is 1.06 bits per heavy atom. The topological polar surface area (TPSA) is 26.9 Å². The van der Waals surface area contributed by atoms with Crippen molar-refractivity contribution in [2.24, 2.45) is 10.8 Å². The van der Waals surface area contributed by atoms with E-state index in [2.05, 4.69) is 158 Å². The predicted molar refractivity (Wildman–Crippen MR) is 234 cm³/mol. The highest BCUT2D eigenvalue weighted by Crippen LogP contribution is 2.34. The van der Waals surface area contributed by atoms with E-state index >= 15 is 0 Å². The van der Waals surface area contributed by atoms with E-state index in [9.17, 15) is 4.79 Å². The number of carbonyl (C=O) groups is 1. The van der Waals surface area contributed by atoms with Crippen LogP contribution < -0.4 is 0 Å². The van der Waals surface area contributed by atoms with E-state index in [0.717, 1.165) is 58.1 Å². The van der Waals surface area contributed by atoms with E-state index in [-0.39, 0.29) is 16.6 Å². The molecule has 0 fully saturated rings. The minimum Gasteiger partial charge on any atom is -0.343 e. The van der Waals surface area contributed by atoms with Crippen molar-refractivity contribution >= 4 is 33.2 Å². The van der Waals surface area contributed by atoms with Crippen LogP contribution in [0.3, 0.4) is 0 Å². The maximum absolute atomic E-state index is 13.2. The molecule has 280 valence electrons. The average Bonchev–Trinajstić information content (AvgIpc) is 3.67. The second-order valence-corrected chi connectivity index (χ2v) is 17.0. The zero-order valence-electron chi connectivity index (χ0n) is 34.5. The van der Waals surface area contributed by atoms with Crippen LogP contribution in [0.15, 0.2) is 128 Å². The van der Waals surface area contributed by atoms with Gasteiger partial charge in [0.15, 0.2) is 5.78 Å². The number of fused-ring (bicyclic) bond motifs is 2. The Hall–Kier alpha value is -5.15. The van der Waals surface area contributed by atoms with Crippen LogP contribution in [-0.4, -0.2) is 14.9 Å². The Labute approximate surface area is 324 Å². The SMILES string of the molecule is C=C(Cn1cc(C(=O)c2ccc(C)cc2)c2ccc(CC)cc21)C(C)(C)C.C=C(c1cccc(C)c1)c1cn(CC(=C)C(C)(C)C)c2cc(CC)ccc12. The molecule has 0 unspecified atom stereocenters. The van der Waals surface area contributed by atoms with Crippen LogP contribution in [0.5, 0.6) is 0 Å². The van der Waals surface area contributed by atoms with Gasteiger partial charge < -0.3 is 9.13 Å². The first-order valence-corrected chi connectivity index (χ1v) is 19.4. The summed E-state index contributed by atoms with van der Waals surface area (Å²) in [4.78, 5) is 13.2. The first kappa shape index (κ1) is 40.0. The average molecular weight is 717 g/mol. The molecule has 2 aromatic heterocycles. The van der Waals surface area contributed by atoms with Crippen molar-refractivity contribution in [2.75, 3.05) is 0 Å². The van der Waals surface area contributed by atoms with Crippen molar-refractivity contribution in [1.29, 1.82) is 0 Å². The molecular formula is C51H60N2O. The molecule has 3 heteroatoms. The fourth-order valence-electron chi connectivity index (χ4n) is 6.53. The number of hydrogen-bond donors (Lipinski definition) is 0. The molecule has 6 aromatic rings. The van der Waals surface area contributed by atoms with Gasteiger partial charge in [0.05, 0.1) is 0 Å². The van der Waals surface area contributed by atoms with Crippen LogP contribution in [0.1, 0.15) is 105 Å². The molecule has 0 N–H and O–H groups in total. The van der Waals surface area contributed by atoms with Gasteiger partial charge in [-0.3, -0.25) is 4.79 Å². The van der Waals surface area contributed by atoms with Gasteiger partial charge in [-0.25, -0.2) is 0 Å². The number of carbonyl (C=O) groups excluding carboxylic acids is 1. The van der Waals surface area contributed by atoms with Gasteiger partial charge in [-0.05, 0) is 71.9 Å². The van der Waals surface area contributed by atoms with Crippen molar-refractivity contribution in [3.05, 3.63) is 173 Å². The summed E-state index contributed by atoms with van der Waals surface area (Å²) in [7, 11) is 0. The summed E-state index contributed by atoms with van der Waals surface area (Å²) in [5.74, 6) is 0.0735. The third kappa shape index (κ3) is 8.96. The smallest absolute Gasteiger partial charge is 0.195 e. The van der Waals surface area contributed by atoms with Crippen molar-refractivity contribution in [3.63, 3.8) is 0 Å². The summed E-state index contributed by atoms with van der Waals surface area (Å²) in [6.07, 6.45) is 6.27. The second kappa shape index (κ2) is 16.1. The van der Waals surface area contributed by atoms with Crippen LogP contribution in [0, 0.1) is 24.7 Å². The van der Waals surface area contributed by atoms with Crippen LogP contribution in [-0.2, 0) is 25.9 Å². The maximum atomic E-state index is 13.2. The summed E-state index contributed by atoms with van der Waals surface area (Å²) in [5, 5.41) is 2.28. The van der Waals surface area contributed by atoms with Gasteiger partial charge in [-0.15, -0.1) is 0 Å². The molecule has 0 aliphatic carbocycles. The molecule has 0 amide bonds. The van der Waals surface area contributed by atoms with Gasteiger partial charge in [0, 0.05) is 64.0 Å². The number of hydrogen-bond acceptors (Lipinski definition) is 1. The highest BCUT2D eigenvalue weighted by Gasteiger charge is 2.21. The number of allylic oxidation sites excluding steroid dienone is 2. The maximum Gasteiger partial charge on any atom is 0.195 e. The van der Waals surface area contributed by atoms with Gasteiger partial charge in [-0.1, -0.05) is 170 Å². The standard InChI is InChI=1S/C26H31N.C25H29NO/c1-8-21-12-13-23-24(20(4)22-11-9-10-18(2)14-22)17-27(25(23)15-21)16-19(3)26(5,6)7;1-7-19-10-13-21-22(24(27)20-11-8-17(2)9-12-20)16-26(23(21)14-19)15-18(3)25(4,5)6/h9-15,17H,3-4,8,16H2,1-2,5-7H3;8-14,16H,3,7,15H2,1-2,4-6H3. The molecule has 0 bridgehead atoms. The fourth-order valence-corrected chi connectivity index (χ4v) is 6.53. The number of aromatic nitrogens is 2. The van der Waals surface area contributed by atoms with E-state index < -0.39 is 0 Å². The molecule has 6 rings (SSSR count). The predicted octanol–water partition coefficient (Wildman–Crippen LogP) is 13.5. The van der Waals surface area contributed by atoms with E-state index in [1.54, 1.807) is 0 Å². The summed E-state index contributed by atoms with van der Waals surface area (Å²) >= 11 is 0. The zero-order valence-corrected chi connectivity index (χ0v) is 34.5. The molecule has 0 aliphatic heterocycles. The molecule has 0 saturated heterocycles. The van der Waals surface area contributed by atoms with Gasteiger partial charge in [0.2, 0.25) is 0 Å². The molecule has 0 radical (unpaired) electrons. The quantitative estimate of drug-likeness (QED) is 0.102. The van der Waals surface area contributed by atoms with Gasteiger partial charge in [0.1, 0.15) is 0 Å². The highest BCUT2D eigenvalue weighted by atomic mass is 16.1. The monoisotopic (exact) mass is 716 g/mol. The van der Waals surface area contributed by atoms with Gasteiger partial charge in [0.25, 0.3) is 0 Å². The number of benzene rings is 4.